The van der Waals surface area contributed by atoms with E-state index in [1.807, 2.05) is 26.0 Å². The molecular formula is C14H18ClN3. The largest absolute Gasteiger partial charge is 0.358 e. The molecule has 1 heterocycles. The Bertz CT molecular complexity index is 592. The van der Waals surface area contributed by atoms with Crippen molar-refractivity contribution >= 4 is 33.9 Å². The van der Waals surface area contributed by atoms with Gasteiger partial charge in [-0.3, -0.25) is 5.43 Å². The van der Waals surface area contributed by atoms with Gasteiger partial charge in [-0.25, -0.2) is 0 Å². The van der Waals surface area contributed by atoms with Crippen molar-refractivity contribution in [2.75, 3.05) is 5.43 Å². The number of anilines is 1. The van der Waals surface area contributed by atoms with E-state index in [4.69, 9.17) is 11.6 Å². The van der Waals surface area contributed by atoms with Crippen LogP contribution < -0.4 is 5.43 Å². The minimum absolute atomic E-state index is 0.475. The second-order valence-electron chi connectivity index (χ2n) is 4.97. The zero-order chi connectivity index (χ0) is 13.3. The predicted molar refractivity (Wildman–Crippen MR) is 79.8 cm³/mol. The van der Waals surface area contributed by atoms with Crippen molar-refractivity contribution in [3.63, 3.8) is 0 Å². The summed E-state index contributed by atoms with van der Waals surface area (Å²) in [5.41, 5.74) is 7.05. The third-order valence-electron chi connectivity index (χ3n) is 2.75. The van der Waals surface area contributed by atoms with Crippen molar-refractivity contribution in [3.05, 3.63) is 28.9 Å². The number of rotatable bonds is 3. The van der Waals surface area contributed by atoms with Crippen LogP contribution in [0.4, 0.5) is 5.69 Å². The van der Waals surface area contributed by atoms with Crippen LogP contribution in [0, 0.1) is 0 Å². The molecule has 1 aromatic heterocycles. The summed E-state index contributed by atoms with van der Waals surface area (Å²) < 4.78 is 0. The third kappa shape index (κ3) is 2.67. The maximum Gasteiger partial charge on any atom is 0.0769 e. The summed E-state index contributed by atoms with van der Waals surface area (Å²) in [6, 6.07) is 6.10. The monoisotopic (exact) mass is 263 g/mol. The highest BCUT2D eigenvalue weighted by Gasteiger charge is 2.08. The number of halogens is 1. The van der Waals surface area contributed by atoms with E-state index in [-0.39, 0.29) is 0 Å². The minimum Gasteiger partial charge on any atom is -0.358 e. The van der Waals surface area contributed by atoms with E-state index >= 15 is 0 Å². The number of aromatic nitrogens is 1. The Labute approximate surface area is 112 Å². The molecule has 1 aromatic carbocycles. The lowest BCUT2D eigenvalue weighted by Crippen LogP contribution is -1.93. The van der Waals surface area contributed by atoms with Gasteiger partial charge in [0.15, 0.2) is 0 Å². The molecule has 0 atom stereocenters. The van der Waals surface area contributed by atoms with E-state index in [0.29, 0.717) is 10.9 Å². The van der Waals surface area contributed by atoms with Crippen LogP contribution in [0.15, 0.2) is 23.3 Å². The van der Waals surface area contributed by atoms with Crippen molar-refractivity contribution in [2.45, 2.75) is 33.6 Å². The van der Waals surface area contributed by atoms with Gasteiger partial charge in [-0.05, 0) is 38.0 Å². The molecule has 0 spiro atoms. The second kappa shape index (κ2) is 5.02. The zero-order valence-corrected chi connectivity index (χ0v) is 11.9. The number of aromatic amines is 1. The number of nitrogens with one attached hydrogen (secondary N) is 2. The SMILES string of the molecule is CC(C)=NNc1cc2[nH]c(C(C)C)cc2cc1Cl. The topological polar surface area (TPSA) is 40.2 Å². The number of fused-ring (bicyclic) bond motifs is 1. The number of benzene rings is 1. The van der Waals surface area contributed by atoms with Gasteiger partial charge in [0, 0.05) is 22.3 Å². The Kier molecular flexibility index (Phi) is 3.62. The number of nitrogens with zero attached hydrogens (tertiary/aromatic N) is 1. The Morgan fingerprint density at radius 2 is 2.00 bits per heavy atom. The van der Waals surface area contributed by atoms with Crippen LogP contribution in [0.1, 0.15) is 39.3 Å². The Hall–Kier alpha value is -1.48. The summed E-state index contributed by atoms with van der Waals surface area (Å²) in [6.45, 7) is 8.20. The maximum absolute atomic E-state index is 6.23. The van der Waals surface area contributed by atoms with Crippen LogP contribution in [0.5, 0.6) is 0 Å². The number of H-pyrrole nitrogens is 1. The van der Waals surface area contributed by atoms with Crippen molar-refractivity contribution in [1.82, 2.24) is 4.98 Å². The minimum atomic E-state index is 0.475. The van der Waals surface area contributed by atoms with Gasteiger partial charge in [-0.1, -0.05) is 25.4 Å². The second-order valence-corrected chi connectivity index (χ2v) is 5.38. The summed E-state index contributed by atoms with van der Waals surface area (Å²) >= 11 is 6.23. The maximum atomic E-state index is 6.23. The normalized spacial score (nSPS) is 11.0. The van der Waals surface area contributed by atoms with E-state index in [9.17, 15) is 0 Å². The third-order valence-corrected chi connectivity index (χ3v) is 3.06. The van der Waals surface area contributed by atoms with Crippen LogP contribution in [0.2, 0.25) is 5.02 Å². The van der Waals surface area contributed by atoms with E-state index in [1.165, 1.54) is 5.69 Å². The van der Waals surface area contributed by atoms with Crippen molar-refractivity contribution < 1.29 is 0 Å². The first-order chi connectivity index (χ1) is 8.47. The van der Waals surface area contributed by atoms with Crippen LogP contribution in [0.25, 0.3) is 10.9 Å². The van der Waals surface area contributed by atoms with E-state index in [1.54, 1.807) is 0 Å². The van der Waals surface area contributed by atoms with Crippen LogP contribution in [0.3, 0.4) is 0 Å². The smallest absolute Gasteiger partial charge is 0.0769 e. The van der Waals surface area contributed by atoms with Crippen LogP contribution in [-0.2, 0) is 0 Å². The van der Waals surface area contributed by atoms with Crippen molar-refractivity contribution in [1.29, 1.82) is 0 Å². The van der Waals surface area contributed by atoms with E-state index < -0.39 is 0 Å². The molecule has 2 N–H and O–H groups in total. The summed E-state index contributed by atoms with van der Waals surface area (Å²) in [6.07, 6.45) is 0. The first-order valence-electron chi connectivity index (χ1n) is 6.06. The first kappa shape index (κ1) is 13.0. The van der Waals surface area contributed by atoms with Crippen LogP contribution >= 0.6 is 11.6 Å². The fourth-order valence-corrected chi connectivity index (χ4v) is 1.96. The van der Waals surface area contributed by atoms with E-state index in [2.05, 4.69) is 35.4 Å². The molecule has 96 valence electrons. The first-order valence-corrected chi connectivity index (χ1v) is 6.44. The molecule has 0 amide bonds. The molecule has 0 aliphatic carbocycles. The summed E-state index contributed by atoms with van der Waals surface area (Å²) in [5, 5.41) is 5.99. The Balaban J connectivity index is 2.44. The average Bonchev–Trinajstić information content (AvgIpc) is 2.68. The molecule has 0 saturated carbocycles. The summed E-state index contributed by atoms with van der Waals surface area (Å²) in [4.78, 5) is 3.40. The highest BCUT2D eigenvalue weighted by atomic mass is 35.5. The average molecular weight is 264 g/mol. The molecule has 0 saturated heterocycles. The molecule has 2 rings (SSSR count). The molecular weight excluding hydrogens is 246 g/mol. The molecule has 4 heteroatoms. The molecule has 2 aromatic rings. The lowest BCUT2D eigenvalue weighted by Gasteiger charge is -2.04. The van der Waals surface area contributed by atoms with E-state index in [0.717, 1.165) is 22.3 Å². The quantitative estimate of drug-likeness (QED) is 0.609. The summed E-state index contributed by atoms with van der Waals surface area (Å²) in [5.74, 6) is 0.475. The predicted octanol–water partition coefficient (Wildman–Crippen LogP) is 4.75. The van der Waals surface area contributed by atoms with Gasteiger partial charge in [0.2, 0.25) is 0 Å². The summed E-state index contributed by atoms with van der Waals surface area (Å²) in [7, 11) is 0. The molecule has 0 radical (unpaired) electrons. The van der Waals surface area contributed by atoms with Gasteiger partial charge >= 0.3 is 0 Å². The molecule has 0 unspecified atom stereocenters. The van der Waals surface area contributed by atoms with Gasteiger partial charge in [0.1, 0.15) is 0 Å². The number of hydrogen-bond donors (Lipinski definition) is 2. The van der Waals surface area contributed by atoms with Gasteiger partial charge in [0.25, 0.3) is 0 Å². The van der Waals surface area contributed by atoms with Gasteiger partial charge in [-0.15, -0.1) is 0 Å². The highest BCUT2D eigenvalue weighted by Crippen LogP contribution is 2.30. The molecule has 0 bridgehead atoms. The van der Waals surface area contributed by atoms with Crippen LogP contribution in [-0.4, -0.2) is 10.7 Å². The fraction of sp³-hybridized carbons (Fsp3) is 0.357. The number of hydrogen-bond acceptors (Lipinski definition) is 2. The highest BCUT2D eigenvalue weighted by molar-refractivity contribution is 6.34. The van der Waals surface area contributed by atoms with Gasteiger partial charge < -0.3 is 4.98 Å². The molecule has 3 nitrogen and oxygen atoms in total. The Morgan fingerprint density at radius 1 is 1.28 bits per heavy atom. The van der Waals surface area contributed by atoms with Gasteiger partial charge in [0.05, 0.1) is 10.7 Å². The van der Waals surface area contributed by atoms with Gasteiger partial charge in [-0.2, -0.15) is 5.10 Å². The molecule has 0 aliphatic heterocycles. The fourth-order valence-electron chi connectivity index (χ4n) is 1.74. The van der Waals surface area contributed by atoms with Crippen molar-refractivity contribution in [2.24, 2.45) is 5.10 Å². The lowest BCUT2D eigenvalue weighted by atomic mass is 10.1. The Morgan fingerprint density at radius 3 is 2.61 bits per heavy atom. The zero-order valence-electron chi connectivity index (χ0n) is 11.1. The molecule has 0 fully saturated rings. The van der Waals surface area contributed by atoms with Crippen molar-refractivity contribution in [3.8, 4) is 0 Å². The lowest BCUT2D eigenvalue weighted by molar-refractivity contribution is 0.836. The molecule has 0 aliphatic rings. The standard InChI is InChI=1S/C14H18ClN3/c1-8(2)12-6-10-5-11(15)14(7-13(10)16-12)18-17-9(3)4/h5-8,16,18H,1-4H3. The number of hydrazone groups is 1. The molecule has 18 heavy (non-hydrogen) atoms.